The zero-order chi connectivity index (χ0) is 24.7. The smallest absolute Gasteiger partial charge is 0.166 e. The lowest BCUT2D eigenvalue weighted by molar-refractivity contribution is -0.138. The van der Waals surface area contributed by atoms with Crippen LogP contribution in [0.4, 0.5) is 39.5 Å². The fraction of sp³-hybridized carbons (Fsp3) is 0.130. The van der Waals surface area contributed by atoms with Crippen molar-refractivity contribution in [1.82, 2.24) is 0 Å². The quantitative estimate of drug-likeness (QED) is 0.201. The van der Waals surface area contributed by atoms with Crippen molar-refractivity contribution in [1.29, 1.82) is 0 Å². The van der Waals surface area contributed by atoms with Crippen molar-refractivity contribution in [3.8, 4) is 12.0 Å². The molecular weight excluding hydrogens is 475 g/mol. The zero-order valence-corrected chi connectivity index (χ0v) is 17.4. The van der Waals surface area contributed by atoms with Gasteiger partial charge in [0.2, 0.25) is 8.07 Å². The number of rotatable bonds is 3. The van der Waals surface area contributed by atoms with Gasteiger partial charge in [-0.15, -0.1) is 12.0 Å². The normalized spacial score (nSPS) is 13.0. The molecule has 172 valence electrons. The van der Waals surface area contributed by atoms with Crippen LogP contribution in [0.15, 0.2) is 72.8 Å². The molecule has 3 rings (SSSR count). The number of hydrogen-bond acceptors (Lipinski definition) is 0. The SMILES string of the molecule is C#C[Si](c1cccc(C(F)(F)F)c1)(c1cccc(C(F)(F)F)c1)c1cccc(C(F)(F)F)c1. The molecule has 0 heterocycles. The maximum atomic E-state index is 13.4. The summed E-state index contributed by atoms with van der Waals surface area (Å²) in [5.74, 6) is 0. The van der Waals surface area contributed by atoms with E-state index in [9.17, 15) is 39.5 Å². The Hall–Kier alpha value is -3.19. The average Bonchev–Trinajstić information content (AvgIpc) is 2.74. The van der Waals surface area contributed by atoms with E-state index in [2.05, 4.69) is 5.54 Å². The molecule has 33 heavy (non-hydrogen) atoms. The summed E-state index contributed by atoms with van der Waals surface area (Å²) in [6.45, 7) is 0. The molecule has 10 heteroatoms. The molecule has 0 unspecified atom stereocenters. The van der Waals surface area contributed by atoms with Gasteiger partial charge in [0.15, 0.2) is 0 Å². The van der Waals surface area contributed by atoms with Gasteiger partial charge in [-0.1, -0.05) is 54.6 Å². The second kappa shape index (κ2) is 8.30. The van der Waals surface area contributed by atoms with Crippen LogP contribution >= 0.6 is 0 Å². The van der Waals surface area contributed by atoms with Crippen LogP contribution in [0, 0.1) is 12.0 Å². The number of alkyl halides is 9. The first kappa shape index (κ1) is 24.4. The van der Waals surface area contributed by atoms with E-state index >= 15 is 0 Å². The summed E-state index contributed by atoms with van der Waals surface area (Å²) >= 11 is 0. The van der Waals surface area contributed by atoms with Crippen LogP contribution in [0.2, 0.25) is 0 Å². The van der Waals surface area contributed by atoms with E-state index in [1.54, 1.807) is 0 Å². The Balaban J connectivity index is 2.41. The molecule has 0 spiro atoms. The lowest BCUT2D eigenvalue weighted by atomic mass is 10.2. The Morgan fingerprint density at radius 1 is 0.515 bits per heavy atom. The molecule has 0 fully saturated rings. The van der Waals surface area contributed by atoms with Crippen molar-refractivity contribution in [3.63, 3.8) is 0 Å². The van der Waals surface area contributed by atoms with E-state index in [4.69, 9.17) is 6.42 Å². The Bertz CT molecular complexity index is 1060. The van der Waals surface area contributed by atoms with Crippen molar-refractivity contribution < 1.29 is 39.5 Å². The Morgan fingerprint density at radius 2 is 0.788 bits per heavy atom. The van der Waals surface area contributed by atoms with Crippen LogP contribution in [-0.2, 0) is 18.5 Å². The topological polar surface area (TPSA) is 0 Å². The number of hydrogen-bond donors (Lipinski definition) is 0. The van der Waals surface area contributed by atoms with Gasteiger partial charge in [0.05, 0.1) is 16.7 Å². The lowest BCUT2D eigenvalue weighted by Crippen LogP contribution is -2.66. The van der Waals surface area contributed by atoms with Gasteiger partial charge in [-0.05, 0) is 33.8 Å². The van der Waals surface area contributed by atoms with E-state index in [1.807, 2.05) is 0 Å². The van der Waals surface area contributed by atoms with Gasteiger partial charge in [0, 0.05) is 0 Å². The van der Waals surface area contributed by atoms with E-state index in [0.29, 0.717) is 18.2 Å². The maximum Gasteiger partial charge on any atom is 0.416 e. The lowest BCUT2D eigenvalue weighted by Gasteiger charge is -2.29. The summed E-state index contributed by atoms with van der Waals surface area (Å²) in [5.41, 5.74) is -1.02. The van der Waals surface area contributed by atoms with Gasteiger partial charge in [-0.25, -0.2) is 0 Å². The molecule has 0 saturated heterocycles. The average molecular weight is 488 g/mol. The van der Waals surface area contributed by atoms with Crippen molar-refractivity contribution in [2.45, 2.75) is 18.5 Å². The second-order valence-electron chi connectivity index (χ2n) is 7.13. The molecule has 0 nitrogen and oxygen atoms in total. The highest BCUT2D eigenvalue weighted by Gasteiger charge is 2.43. The molecule has 0 amide bonds. The molecule has 3 aromatic carbocycles. The molecular formula is C23H13F9Si. The first-order chi connectivity index (χ1) is 15.2. The number of halogens is 9. The van der Waals surface area contributed by atoms with E-state index < -0.39 is 43.3 Å². The minimum Gasteiger partial charge on any atom is -0.166 e. The fourth-order valence-corrected chi connectivity index (χ4v) is 7.19. The van der Waals surface area contributed by atoms with Crippen molar-refractivity contribution >= 4 is 23.6 Å². The van der Waals surface area contributed by atoms with Gasteiger partial charge in [-0.3, -0.25) is 0 Å². The zero-order valence-electron chi connectivity index (χ0n) is 16.4. The third-order valence-corrected chi connectivity index (χ3v) is 9.05. The minimum absolute atomic E-state index is 0.168. The summed E-state index contributed by atoms with van der Waals surface area (Å²) in [5, 5.41) is -0.504. The predicted molar refractivity (Wildman–Crippen MR) is 108 cm³/mol. The maximum absolute atomic E-state index is 13.4. The van der Waals surface area contributed by atoms with E-state index in [-0.39, 0.29) is 15.6 Å². The molecule has 0 N–H and O–H groups in total. The van der Waals surface area contributed by atoms with Gasteiger partial charge in [0.25, 0.3) is 0 Å². The van der Waals surface area contributed by atoms with Crippen molar-refractivity contribution in [2.75, 3.05) is 0 Å². The summed E-state index contributed by atoms with van der Waals surface area (Å²) in [4.78, 5) is 0. The van der Waals surface area contributed by atoms with Crippen molar-refractivity contribution in [3.05, 3.63) is 89.5 Å². The highest BCUT2D eigenvalue weighted by Crippen LogP contribution is 2.31. The molecule has 0 atom stereocenters. The highest BCUT2D eigenvalue weighted by molar-refractivity contribution is 7.16. The van der Waals surface area contributed by atoms with Crippen LogP contribution in [0.25, 0.3) is 0 Å². The summed E-state index contributed by atoms with van der Waals surface area (Å²) in [6, 6.07) is 11.0. The van der Waals surface area contributed by atoms with Crippen LogP contribution in [-0.4, -0.2) is 8.07 Å². The minimum atomic E-state index is -4.80. The van der Waals surface area contributed by atoms with Crippen LogP contribution < -0.4 is 15.6 Å². The molecule has 3 aromatic rings. The van der Waals surface area contributed by atoms with Crippen LogP contribution in [0.5, 0.6) is 0 Å². The number of terminal acetylenes is 1. The van der Waals surface area contributed by atoms with Crippen molar-refractivity contribution in [2.24, 2.45) is 0 Å². The number of benzene rings is 3. The largest absolute Gasteiger partial charge is 0.416 e. The fourth-order valence-electron chi connectivity index (χ4n) is 3.54. The summed E-state index contributed by atoms with van der Waals surface area (Å²) in [7, 11) is -4.20. The molecule has 0 aliphatic heterocycles. The molecule has 0 radical (unpaired) electrons. The third kappa shape index (κ3) is 4.78. The Kier molecular flexibility index (Phi) is 6.15. The summed E-state index contributed by atoms with van der Waals surface area (Å²) in [6.07, 6.45) is -8.65. The predicted octanol–water partition coefficient (Wildman–Crippen LogP) is 5.39. The molecule has 0 aliphatic carbocycles. The van der Waals surface area contributed by atoms with Crippen LogP contribution in [0.3, 0.4) is 0 Å². The summed E-state index contributed by atoms with van der Waals surface area (Å²) < 4.78 is 120. The molecule has 0 aromatic heterocycles. The third-order valence-electron chi connectivity index (χ3n) is 5.09. The van der Waals surface area contributed by atoms with Gasteiger partial charge >= 0.3 is 18.5 Å². The van der Waals surface area contributed by atoms with Gasteiger partial charge < -0.3 is 0 Å². The first-order valence-electron chi connectivity index (χ1n) is 9.20. The van der Waals surface area contributed by atoms with E-state index in [0.717, 1.165) is 36.4 Å². The van der Waals surface area contributed by atoms with Crippen LogP contribution in [0.1, 0.15) is 16.7 Å². The molecule has 0 bridgehead atoms. The Labute approximate surface area is 183 Å². The van der Waals surface area contributed by atoms with E-state index in [1.165, 1.54) is 18.2 Å². The second-order valence-corrected chi connectivity index (χ2v) is 10.7. The standard InChI is InChI=1S/C23H13F9Si/c1-2-33(18-9-3-6-15(12-18)21(24,25)26,19-10-4-7-16(13-19)22(27,28)29)20-11-5-8-17(14-20)23(30,31)32/h1,3-14H. The Morgan fingerprint density at radius 3 is 1.00 bits per heavy atom. The first-order valence-corrected chi connectivity index (χ1v) is 11.2. The highest BCUT2D eigenvalue weighted by atomic mass is 28.3. The van der Waals surface area contributed by atoms with Gasteiger partial charge in [0.1, 0.15) is 0 Å². The molecule has 0 saturated carbocycles. The van der Waals surface area contributed by atoms with Gasteiger partial charge in [-0.2, -0.15) is 39.5 Å². The monoisotopic (exact) mass is 488 g/mol. The molecule has 0 aliphatic rings.